The third kappa shape index (κ3) is 6.51. The molecule has 0 unspecified atom stereocenters. The number of amides is 1. The van der Waals surface area contributed by atoms with Gasteiger partial charge in [0.15, 0.2) is 0 Å². The smallest absolute Gasteiger partial charge is 0.261 e. The molecule has 10 heteroatoms. The molecule has 6 rings (SSSR count). The van der Waals surface area contributed by atoms with E-state index in [1.807, 2.05) is 36.4 Å². The number of halogens is 2. The first-order valence-electron chi connectivity index (χ1n) is 14.6. The van der Waals surface area contributed by atoms with E-state index in [9.17, 15) is 13.6 Å². The fraction of sp³-hybridized carbons (Fsp3) is 0.406. The maximum atomic E-state index is 13.7. The van der Waals surface area contributed by atoms with Crippen LogP contribution in [0.1, 0.15) is 36.6 Å². The number of pyridine rings is 2. The molecule has 5 heterocycles. The summed E-state index contributed by atoms with van der Waals surface area (Å²) in [6, 6.07) is 11.9. The second kappa shape index (κ2) is 12.2. The second-order valence-electron chi connectivity index (χ2n) is 11.2. The molecule has 2 saturated heterocycles. The van der Waals surface area contributed by atoms with E-state index >= 15 is 0 Å². The Balaban J connectivity index is 1.20. The number of fused-ring (bicyclic) bond motifs is 1. The number of nitrogens with zero attached hydrogens (tertiary/aromatic N) is 4. The van der Waals surface area contributed by atoms with Gasteiger partial charge in [-0.2, -0.15) is 0 Å². The topological polar surface area (TPSA) is 82.6 Å². The molecule has 8 nitrogen and oxygen atoms in total. The van der Waals surface area contributed by atoms with Crippen LogP contribution in [0, 0.1) is 0 Å². The first-order valence-corrected chi connectivity index (χ1v) is 14.6. The number of hydrogen-bond donors (Lipinski definition) is 2. The lowest BCUT2D eigenvalue weighted by Gasteiger charge is -2.26. The molecule has 0 radical (unpaired) electrons. The van der Waals surface area contributed by atoms with Gasteiger partial charge in [0.1, 0.15) is 0 Å². The van der Waals surface area contributed by atoms with Crippen LogP contribution in [0.2, 0.25) is 0 Å². The number of carbonyl (C=O) groups excluding carboxylic acids is 1. The number of rotatable bonds is 8. The molecular weight excluding hydrogens is 538 g/mol. The fourth-order valence-electron chi connectivity index (χ4n) is 5.86. The number of benzene rings is 1. The van der Waals surface area contributed by atoms with Gasteiger partial charge in [-0.1, -0.05) is 13.0 Å². The minimum Gasteiger partial charge on any atom is -0.381 e. The van der Waals surface area contributed by atoms with E-state index in [0.717, 1.165) is 78.5 Å². The number of anilines is 2. The summed E-state index contributed by atoms with van der Waals surface area (Å²) >= 11 is 0. The molecule has 3 aliphatic heterocycles. The summed E-state index contributed by atoms with van der Waals surface area (Å²) in [6.07, 6.45) is 5.84. The third-order valence-corrected chi connectivity index (χ3v) is 8.14. The number of hydrogen-bond acceptors (Lipinski definition) is 7. The molecule has 0 atom stereocenters. The van der Waals surface area contributed by atoms with Gasteiger partial charge in [-0.15, -0.1) is 0 Å². The molecular formula is C32H36F2N6O2. The fourth-order valence-corrected chi connectivity index (χ4v) is 5.86. The van der Waals surface area contributed by atoms with Crippen molar-refractivity contribution in [2.24, 2.45) is 0 Å². The van der Waals surface area contributed by atoms with Crippen LogP contribution in [0.4, 0.5) is 20.2 Å². The normalized spacial score (nSPS) is 18.9. The quantitative estimate of drug-likeness (QED) is 0.390. The number of ether oxygens (including phenoxy) is 1. The summed E-state index contributed by atoms with van der Waals surface area (Å²) < 4.78 is 32.8. The number of alkyl halides is 2. The van der Waals surface area contributed by atoms with Gasteiger partial charge in [-0.25, -0.2) is 8.78 Å². The first-order chi connectivity index (χ1) is 20.4. The minimum atomic E-state index is -2.63. The molecule has 42 heavy (non-hydrogen) atoms. The molecule has 1 amide bonds. The average molecular weight is 575 g/mol. The molecule has 3 aromatic rings. The van der Waals surface area contributed by atoms with Crippen LogP contribution in [-0.4, -0.2) is 77.5 Å². The Morgan fingerprint density at radius 3 is 2.62 bits per heavy atom. The van der Waals surface area contributed by atoms with Crippen molar-refractivity contribution in [2.45, 2.75) is 38.8 Å². The van der Waals surface area contributed by atoms with Crippen molar-refractivity contribution in [1.29, 1.82) is 0 Å². The van der Waals surface area contributed by atoms with E-state index in [-0.39, 0.29) is 18.9 Å². The number of aromatic nitrogens is 2. The van der Waals surface area contributed by atoms with Crippen LogP contribution in [0.15, 0.2) is 60.6 Å². The summed E-state index contributed by atoms with van der Waals surface area (Å²) in [5, 5.41) is 6.51. The lowest BCUT2D eigenvalue weighted by atomic mass is 9.90. The Bertz CT molecular complexity index is 1470. The van der Waals surface area contributed by atoms with E-state index in [1.165, 1.54) is 0 Å². The standard InChI is InChI=1S/C32H36F2N6O2/c1-2-23-17-37-29-6-3-24(25-13-22(15-35-16-25)19-40-8-7-32(33,34)21-40)14-28(29)30(23)31(41)38-26-4-5-27(36-18-26)20-39-9-11-42-12-10-39/h3-6,13-16,18,37H,2,7-12,17,19-21H2,1H3,(H,38,41). The molecule has 1 aromatic carbocycles. The molecule has 0 saturated carbocycles. The van der Waals surface area contributed by atoms with Gasteiger partial charge in [0, 0.05) is 80.5 Å². The molecule has 0 spiro atoms. The highest BCUT2D eigenvalue weighted by Crippen LogP contribution is 2.36. The van der Waals surface area contributed by atoms with Crippen LogP contribution in [-0.2, 0) is 22.6 Å². The van der Waals surface area contributed by atoms with Crippen LogP contribution in [0.25, 0.3) is 16.7 Å². The van der Waals surface area contributed by atoms with Gasteiger partial charge >= 0.3 is 0 Å². The highest BCUT2D eigenvalue weighted by Gasteiger charge is 2.38. The highest BCUT2D eigenvalue weighted by atomic mass is 19.3. The van der Waals surface area contributed by atoms with Gasteiger partial charge in [0.05, 0.1) is 37.3 Å². The van der Waals surface area contributed by atoms with Crippen molar-refractivity contribution < 1.29 is 18.3 Å². The van der Waals surface area contributed by atoms with E-state index in [1.54, 1.807) is 23.5 Å². The van der Waals surface area contributed by atoms with Crippen molar-refractivity contribution in [3.8, 4) is 11.1 Å². The van der Waals surface area contributed by atoms with Crippen molar-refractivity contribution in [2.75, 3.05) is 56.6 Å². The van der Waals surface area contributed by atoms with Gasteiger partial charge in [-0.05, 0) is 53.5 Å². The maximum Gasteiger partial charge on any atom is 0.261 e. The van der Waals surface area contributed by atoms with Crippen LogP contribution < -0.4 is 10.6 Å². The summed E-state index contributed by atoms with van der Waals surface area (Å²) in [7, 11) is 0. The van der Waals surface area contributed by atoms with Gasteiger partial charge in [-0.3, -0.25) is 24.6 Å². The third-order valence-electron chi connectivity index (χ3n) is 8.14. The average Bonchev–Trinajstić information content (AvgIpc) is 3.35. The van der Waals surface area contributed by atoms with E-state index in [0.29, 0.717) is 30.9 Å². The second-order valence-corrected chi connectivity index (χ2v) is 11.2. The van der Waals surface area contributed by atoms with E-state index in [2.05, 4.69) is 32.4 Å². The van der Waals surface area contributed by atoms with Crippen molar-refractivity contribution in [1.82, 2.24) is 19.8 Å². The Kier molecular flexibility index (Phi) is 8.28. The van der Waals surface area contributed by atoms with E-state index < -0.39 is 5.92 Å². The summed E-state index contributed by atoms with van der Waals surface area (Å²) in [4.78, 5) is 26.8. The first kappa shape index (κ1) is 28.4. The monoisotopic (exact) mass is 574 g/mol. The largest absolute Gasteiger partial charge is 0.381 e. The highest BCUT2D eigenvalue weighted by molar-refractivity contribution is 6.28. The van der Waals surface area contributed by atoms with Gasteiger partial charge in [0.2, 0.25) is 0 Å². The summed E-state index contributed by atoms with van der Waals surface area (Å²) in [6.45, 7) is 7.24. The molecule has 2 aromatic heterocycles. The summed E-state index contributed by atoms with van der Waals surface area (Å²) in [5.74, 6) is -2.80. The van der Waals surface area contributed by atoms with Crippen LogP contribution >= 0.6 is 0 Å². The number of morpholine rings is 1. The Morgan fingerprint density at radius 1 is 1.02 bits per heavy atom. The Hall–Kier alpha value is -3.73. The van der Waals surface area contributed by atoms with Crippen LogP contribution in [0.3, 0.4) is 0 Å². The van der Waals surface area contributed by atoms with Crippen molar-refractivity contribution in [3.63, 3.8) is 0 Å². The zero-order chi connectivity index (χ0) is 29.1. The predicted molar refractivity (Wildman–Crippen MR) is 159 cm³/mol. The van der Waals surface area contributed by atoms with Gasteiger partial charge < -0.3 is 15.4 Å². The minimum absolute atomic E-state index is 0.108. The maximum absolute atomic E-state index is 13.7. The number of likely N-dealkylation sites (tertiary alicyclic amines) is 1. The molecule has 0 bridgehead atoms. The molecule has 3 aliphatic rings. The molecule has 0 aliphatic carbocycles. The summed E-state index contributed by atoms with van der Waals surface area (Å²) in [5.41, 5.74) is 7.68. The zero-order valence-corrected chi connectivity index (χ0v) is 23.8. The van der Waals surface area contributed by atoms with Crippen molar-refractivity contribution in [3.05, 3.63) is 77.4 Å². The lowest BCUT2D eigenvalue weighted by molar-refractivity contribution is -0.111. The number of nitrogens with one attached hydrogen (secondary N) is 2. The van der Waals surface area contributed by atoms with Crippen LogP contribution in [0.5, 0.6) is 0 Å². The van der Waals surface area contributed by atoms with Gasteiger partial charge in [0.25, 0.3) is 11.8 Å². The SMILES string of the molecule is CCC1=C(C(=O)Nc2ccc(CN3CCOCC3)nc2)c2cc(-c3cncc(CN4CCC(F)(F)C4)c3)ccc2NC1. The lowest BCUT2D eigenvalue weighted by Crippen LogP contribution is -2.35. The van der Waals surface area contributed by atoms with Crippen molar-refractivity contribution >= 4 is 22.9 Å². The molecule has 2 fully saturated rings. The zero-order valence-electron chi connectivity index (χ0n) is 23.8. The number of carbonyl (C=O) groups is 1. The molecule has 220 valence electrons. The van der Waals surface area contributed by atoms with E-state index in [4.69, 9.17) is 4.74 Å². The predicted octanol–water partition coefficient (Wildman–Crippen LogP) is 5.04. The molecule has 2 N–H and O–H groups in total. The Morgan fingerprint density at radius 2 is 1.88 bits per heavy atom. The Labute approximate surface area is 244 Å².